The minimum atomic E-state index is 0. The summed E-state index contributed by atoms with van der Waals surface area (Å²) >= 11 is 0. The predicted octanol–water partition coefficient (Wildman–Crippen LogP) is 5.86. The van der Waals surface area contributed by atoms with E-state index in [1.807, 2.05) is 0 Å². The van der Waals surface area contributed by atoms with Gasteiger partial charge in [-0.05, 0) is 36.8 Å². The third-order valence-electron chi connectivity index (χ3n) is 4.73. The van der Waals surface area contributed by atoms with Gasteiger partial charge in [0.15, 0.2) is 0 Å². The van der Waals surface area contributed by atoms with Crippen molar-refractivity contribution in [1.82, 2.24) is 9.78 Å². The number of nitrogens with zero attached hydrogens (tertiary/aromatic N) is 2. The molecule has 1 aromatic carbocycles. The highest BCUT2D eigenvalue weighted by molar-refractivity contribution is 5.83. The molecule has 2 heteroatoms. The fraction of sp³-hybridized carbons (Fsp3) is 0.632. The van der Waals surface area contributed by atoms with Crippen molar-refractivity contribution in [3.63, 3.8) is 0 Å². The van der Waals surface area contributed by atoms with Crippen LogP contribution in [-0.2, 0) is 6.42 Å². The second-order valence-corrected chi connectivity index (χ2v) is 6.47. The van der Waals surface area contributed by atoms with Gasteiger partial charge in [-0.1, -0.05) is 59.6 Å². The first-order chi connectivity index (χ1) is 9.70. The molecule has 1 saturated carbocycles. The Kier molecular flexibility index (Phi) is 5.08. The molecule has 1 aromatic heterocycles. The summed E-state index contributed by atoms with van der Waals surface area (Å²) in [7, 11) is 0. The first-order valence-corrected chi connectivity index (χ1v) is 8.21. The number of benzene rings is 1. The summed E-state index contributed by atoms with van der Waals surface area (Å²) in [6, 6.07) is 7.56. The molecule has 21 heavy (non-hydrogen) atoms. The predicted molar refractivity (Wildman–Crippen MR) is 92.1 cm³/mol. The van der Waals surface area contributed by atoms with E-state index in [1.165, 1.54) is 54.3 Å². The van der Waals surface area contributed by atoms with Gasteiger partial charge in [-0.15, -0.1) is 0 Å². The number of hydrogen-bond acceptors (Lipinski definition) is 1. The van der Waals surface area contributed by atoms with Crippen molar-refractivity contribution in [1.29, 1.82) is 0 Å². The third kappa shape index (κ3) is 3.00. The lowest BCUT2D eigenvalue weighted by Gasteiger charge is -2.23. The molecule has 1 aliphatic rings. The molecule has 116 valence electrons. The second-order valence-electron chi connectivity index (χ2n) is 6.47. The fourth-order valence-electron chi connectivity index (χ4n) is 3.44. The Morgan fingerprint density at radius 1 is 1.19 bits per heavy atom. The first-order valence-electron chi connectivity index (χ1n) is 8.21. The van der Waals surface area contributed by atoms with Crippen molar-refractivity contribution in [2.24, 2.45) is 0 Å². The molecule has 3 rings (SSSR count). The molecule has 1 aliphatic carbocycles. The maximum absolute atomic E-state index is 4.95. The van der Waals surface area contributed by atoms with Gasteiger partial charge in [-0.25, -0.2) is 0 Å². The monoisotopic (exact) mass is 286 g/mol. The van der Waals surface area contributed by atoms with Gasteiger partial charge in [0, 0.05) is 5.39 Å². The smallest absolute Gasteiger partial charge is 0.0700 e. The fourth-order valence-corrected chi connectivity index (χ4v) is 3.44. The van der Waals surface area contributed by atoms with Gasteiger partial charge in [-0.3, -0.25) is 4.68 Å². The van der Waals surface area contributed by atoms with E-state index >= 15 is 0 Å². The van der Waals surface area contributed by atoms with Gasteiger partial charge in [0.2, 0.25) is 0 Å². The van der Waals surface area contributed by atoms with Crippen LogP contribution in [-0.4, -0.2) is 9.78 Å². The molecule has 0 N–H and O–H groups in total. The van der Waals surface area contributed by atoms with E-state index in [0.717, 1.165) is 6.42 Å². The quantitative estimate of drug-likeness (QED) is 0.690. The molecule has 0 aliphatic heterocycles. The Labute approximate surface area is 129 Å². The molecule has 0 unspecified atom stereocenters. The van der Waals surface area contributed by atoms with Crippen LogP contribution in [0.4, 0.5) is 0 Å². The van der Waals surface area contributed by atoms with Crippen molar-refractivity contribution in [3.8, 4) is 0 Å². The van der Waals surface area contributed by atoms with E-state index in [9.17, 15) is 0 Å². The maximum Gasteiger partial charge on any atom is 0.0700 e. The van der Waals surface area contributed by atoms with Crippen LogP contribution in [0.3, 0.4) is 0 Å². The van der Waals surface area contributed by atoms with Gasteiger partial charge in [0.1, 0.15) is 0 Å². The molecule has 0 amide bonds. The summed E-state index contributed by atoms with van der Waals surface area (Å²) in [5.74, 6) is 0.583. The zero-order valence-corrected chi connectivity index (χ0v) is 13.0. The summed E-state index contributed by atoms with van der Waals surface area (Å²) in [6.45, 7) is 6.75. The van der Waals surface area contributed by atoms with Crippen molar-refractivity contribution in [2.75, 3.05) is 0 Å². The van der Waals surface area contributed by atoms with Crippen LogP contribution in [0.25, 0.3) is 10.9 Å². The largest absolute Gasteiger partial charge is 0.262 e. The summed E-state index contributed by atoms with van der Waals surface area (Å²) in [6.07, 6.45) is 7.73. The van der Waals surface area contributed by atoms with E-state index in [2.05, 4.69) is 43.7 Å². The van der Waals surface area contributed by atoms with E-state index < -0.39 is 0 Å². The number of hydrogen-bond donors (Lipinski definition) is 0. The van der Waals surface area contributed by atoms with Crippen molar-refractivity contribution in [2.45, 2.75) is 78.7 Å². The summed E-state index contributed by atoms with van der Waals surface area (Å²) < 4.78 is 2.35. The molecule has 0 atom stereocenters. The van der Waals surface area contributed by atoms with E-state index in [4.69, 9.17) is 5.10 Å². The molecular weight excluding hydrogens is 256 g/mol. The van der Waals surface area contributed by atoms with Crippen LogP contribution in [0.15, 0.2) is 18.2 Å². The van der Waals surface area contributed by atoms with Gasteiger partial charge >= 0.3 is 0 Å². The topological polar surface area (TPSA) is 17.8 Å². The Bertz CT molecular complexity index is 589. The zero-order valence-electron chi connectivity index (χ0n) is 13.0. The Morgan fingerprint density at radius 2 is 1.90 bits per heavy atom. The van der Waals surface area contributed by atoms with Crippen LogP contribution >= 0.6 is 0 Å². The number of aryl methyl sites for hydroxylation is 1. The Balaban J connectivity index is 0.00000161. The van der Waals surface area contributed by atoms with E-state index in [-0.39, 0.29) is 7.43 Å². The van der Waals surface area contributed by atoms with E-state index in [0.29, 0.717) is 12.0 Å². The third-order valence-corrected chi connectivity index (χ3v) is 4.73. The van der Waals surface area contributed by atoms with Crippen LogP contribution in [0.1, 0.15) is 83.5 Å². The number of aromatic nitrogens is 2. The summed E-state index contributed by atoms with van der Waals surface area (Å²) in [5.41, 5.74) is 4.05. The van der Waals surface area contributed by atoms with Crippen LogP contribution in [0, 0.1) is 0 Å². The molecule has 2 nitrogen and oxygen atoms in total. The first kappa shape index (κ1) is 16.1. The SMILES string of the molecule is C.CCc1nn(C2CCCCC2)c2cc(C(C)C)ccc12. The standard InChI is InChI=1S/C18H26N2.CH4/c1-4-17-16-11-10-14(13(2)3)12-18(16)20(19-17)15-8-6-5-7-9-15;/h10-13,15H,4-9H2,1-3H3;1H4. The van der Waals surface area contributed by atoms with Crippen molar-refractivity contribution < 1.29 is 0 Å². The molecule has 0 spiro atoms. The van der Waals surface area contributed by atoms with Gasteiger partial charge in [0.05, 0.1) is 17.3 Å². The highest BCUT2D eigenvalue weighted by Gasteiger charge is 2.20. The summed E-state index contributed by atoms with van der Waals surface area (Å²) in [5, 5.41) is 6.31. The Morgan fingerprint density at radius 3 is 2.52 bits per heavy atom. The van der Waals surface area contributed by atoms with Gasteiger partial charge < -0.3 is 0 Å². The number of rotatable bonds is 3. The molecule has 2 aromatic rings. The lowest BCUT2D eigenvalue weighted by Crippen LogP contribution is -2.14. The van der Waals surface area contributed by atoms with Crippen molar-refractivity contribution >= 4 is 10.9 Å². The van der Waals surface area contributed by atoms with Crippen molar-refractivity contribution in [3.05, 3.63) is 29.5 Å². The minimum Gasteiger partial charge on any atom is -0.262 e. The molecule has 1 heterocycles. The molecular formula is C19H30N2. The average Bonchev–Trinajstić information content (AvgIpc) is 2.86. The molecule has 0 radical (unpaired) electrons. The van der Waals surface area contributed by atoms with Crippen LogP contribution in [0.5, 0.6) is 0 Å². The highest BCUT2D eigenvalue weighted by Crippen LogP contribution is 2.33. The lowest BCUT2D eigenvalue weighted by atomic mass is 9.95. The normalized spacial score (nSPS) is 16.4. The highest BCUT2D eigenvalue weighted by atomic mass is 15.3. The lowest BCUT2D eigenvalue weighted by molar-refractivity contribution is 0.336. The molecule has 1 fully saturated rings. The Hall–Kier alpha value is -1.31. The minimum absolute atomic E-state index is 0. The van der Waals surface area contributed by atoms with Crippen LogP contribution in [0.2, 0.25) is 0 Å². The number of fused-ring (bicyclic) bond motifs is 1. The zero-order chi connectivity index (χ0) is 14.1. The second kappa shape index (κ2) is 6.64. The average molecular weight is 286 g/mol. The van der Waals surface area contributed by atoms with Gasteiger partial charge in [0.25, 0.3) is 0 Å². The van der Waals surface area contributed by atoms with Crippen LogP contribution < -0.4 is 0 Å². The molecule has 0 saturated heterocycles. The van der Waals surface area contributed by atoms with E-state index in [1.54, 1.807) is 0 Å². The molecule has 0 bridgehead atoms. The maximum atomic E-state index is 4.95. The summed E-state index contributed by atoms with van der Waals surface area (Å²) in [4.78, 5) is 0. The van der Waals surface area contributed by atoms with Gasteiger partial charge in [-0.2, -0.15) is 5.10 Å².